The number of carbonyl (C=O) groups excluding carboxylic acids is 1. The SMILES string of the molecule is COc1ccc(C(=O)NC2CC3(CCOCC3)Oc3ccccc32)cc1OC. The molecule has 0 aromatic heterocycles. The van der Waals surface area contributed by atoms with E-state index in [-0.39, 0.29) is 17.6 Å². The van der Waals surface area contributed by atoms with Gasteiger partial charge in [0, 0.05) is 30.4 Å². The van der Waals surface area contributed by atoms with Crippen molar-refractivity contribution in [1.29, 1.82) is 0 Å². The molecule has 2 aliphatic rings. The average molecular weight is 383 g/mol. The van der Waals surface area contributed by atoms with Gasteiger partial charge in [0.25, 0.3) is 5.91 Å². The van der Waals surface area contributed by atoms with E-state index in [1.807, 2.05) is 24.3 Å². The number of methoxy groups -OCH3 is 2. The van der Waals surface area contributed by atoms with E-state index in [0.29, 0.717) is 30.3 Å². The van der Waals surface area contributed by atoms with Crippen molar-refractivity contribution in [3.05, 3.63) is 53.6 Å². The van der Waals surface area contributed by atoms with Crippen LogP contribution in [0.1, 0.15) is 41.2 Å². The highest BCUT2D eigenvalue weighted by Crippen LogP contribution is 2.44. The fourth-order valence-corrected chi connectivity index (χ4v) is 4.02. The zero-order chi connectivity index (χ0) is 19.6. The number of carbonyl (C=O) groups is 1. The summed E-state index contributed by atoms with van der Waals surface area (Å²) in [6.45, 7) is 1.36. The number of nitrogens with one attached hydrogen (secondary N) is 1. The maximum atomic E-state index is 13.0. The molecule has 2 aliphatic heterocycles. The smallest absolute Gasteiger partial charge is 0.251 e. The van der Waals surface area contributed by atoms with Crippen LogP contribution in [0.5, 0.6) is 17.2 Å². The lowest BCUT2D eigenvalue weighted by Gasteiger charge is -2.44. The largest absolute Gasteiger partial charge is 0.493 e. The van der Waals surface area contributed by atoms with E-state index < -0.39 is 0 Å². The fourth-order valence-electron chi connectivity index (χ4n) is 4.02. The van der Waals surface area contributed by atoms with Crippen molar-refractivity contribution in [2.45, 2.75) is 30.9 Å². The van der Waals surface area contributed by atoms with Crippen molar-refractivity contribution in [3.8, 4) is 17.2 Å². The lowest BCUT2D eigenvalue weighted by molar-refractivity contribution is -0.0639. The Morgan fingerprint density at radius 1 is 1.07 bits per heavy atom. The molecule has 1 atom stereocenters. The maximum Gasteiger partial charge on any atom is 0.251 e. The van der Waals surface area contributed by atoms with E-state index in [4.69, 9.17) is 18.9 Å². The lowest BCUT2D eigenvalue weighted by atomic mass is 9.82. The first kappa shape index (κ1) is 18.6. The molecule has 0 saturated carbocycles. The van der Waals surface area contributed by atoms with Gasteiger partial charge in [-0.05, 0) is 24.3 Å². The van der Waals surface area contributed by atoms with Crippen LogP contribution in [0.15, 0.2) is 42.5 Å². The highest BCUT2D eigenvalue weighted by atomic mass is 16.5. The zero-order valence-corrected chi connectivity index (χ0v) is 16.2. The van der Waals surface area contributed by atoms with Crippen molar-refractivity contribution in [1.82, 2.24) is 5.32 Å². The van der Waals surface area contributed by atoms with Crippen LogP contribution < -0.4 is 19.5 Å². The predicted octanol–water partition coefficient (Wildman–Crippen LogP) is 3.51. The standard InChI is InChI=1S/C22H25NO5/c1-25-19-8-7-15(13-20(19)26-2)21(24)23-17-14-22(9-11-27-12-10-22)28-18-6-4-3-5-16(17)18/h3-8,13,17H,9-12,14H2,1-2H3,(H,23,24). The summed E-state index contributed by atoms with van der Waals surface area (Å²) in [5.41, 5.74) is 1.25. The third-order valence-electron chi connectivity index (χ3n) is 5.55. The van der Waals surface area contributed by atoms with Crippen molar-refractivity contribution < 1.29 is 23.7 Å². The van der Waals surface area contributed by atoms with Crippen molar-refractivity contribution in [2.75, 3.05) is 27.4 Å². The van der Waals surface area contributed by atoms with Gasteiger partial charge in [-0.1, -0.05) is 18.2 Å². The monoisotopic (exact) mass is 383 g/mol. The van der Waals surface area contributed by atoms with E-state index in [1.54, 1.807) is 32.4 Å². The molecule has 4 rings (SSSR count). The summed E-state index contributed by atoms with van der Waals surface area (Å²) in [6, 6.07) is 13.0. The minimum atomic E-state index is -0.290. The summed E-state index contributed by atoms with van der Waals surface area (Å²) >= 11 is 0. The second-order valence-corrected chi connectivity index (χ2v) is 7.24. The molecule has 148 valence electrons. The first-order valence-electron chi connectivity index (χ1n) is 9.53. The number of ether oxygens (including phenoxy) is 4. The van der Waals surface area contributed by atoms with Gasteiger partial charge in [0.15, 0.2) is 11.5 Å². The number of benzene rings is 2. The number of hydrogen-bond donors (Lipinski definition) is 1. The molecule has 6 heteroatoms. The molecule has 2 aromatic rings. The Morgan fingerprint density at radius 3 is 2.57 bits per heavy atom. The summed E-state index contributed by atoms with van der Waals surface area (Å²) in [5, 5.41) is 3.20. The van der Waals surface area contributed by atoms with E-state index in [9.17, 15) is 4.79 Å². The Morgan fingerprint density at radius 2 is 1.82 bits per heavy atom. The van der Waals surface area contributed by atoms with Crippen LogP contribution >= 0.6 is 0 Å². The normalized spacial score (nSPS) is 20.0. The van der Waals surface area contributed by atoms with Crippen LogP contribution in [0.25, 0.3) is 0 Å². The van der Waals surface area contributed by atoms with Gasteiger partial charge >= 0.3 is 0 Å². The van der Waals surface area contributed by atoms with Gasteiger partial charge in [-0.25, -0.2) is 0 Å². The van der Waals surface area contributed by atoms with Gasteiger partial charge in [-0.15, -0.1) is 0 Å². The molecule has 2 heterocycles. The molecule has 1 amide bonds. The lowest BCUT2D eigenvalue weighted by Crippen LogP contribution is -2.48. The van der Waals surface area contributed by atoms with Gasteiger partial charge < -0.3 is 24.3 Å². The first-order chi connectivity index (χ1) is 13.6. The second-order valence-electron chi connectivity index (χ2n) is 7.24. The molecule has 28 heavy (non-hydrogen) atoms. The van der Waals surface area contributed by atoms with Crippen molar-refractivity contribution in [2.24, 2.45) is 0 Å². The van der Waals surface area contributed by atoms with Crippen LogP contribution in [-0.2, 0) is 4.74 Å². The third-order valence-corrected chi connectivity index (χ3v) is 5.55. The molecule has 1 saturated heterocycles. The summed E-state index contributed by atoms with van der Waals surface area (Å²) in [7, 11) is 3.13. The number of hydrogen-bond acceptors (Lipinski definition) is 5. The molecule has 1 fully saturated rings. The molecule has 0 bridgehead atoms. The second kappa shape index (κ2) is 7.72. The fraction of sp³-hybridized carbons (Fsp3) is 0.409. The topological polar surface area (TPSA) is 66.0 Å². The molecule has 0 aliphatic carbocycles. The van der Waals surface area contributed by atoms with Crippen LogP contribution in [0.4, 0.5) is 0 Å². The number of fused-ring (bicyclic) bond motifs is 1. The van der Waals surface area contributed by atoms with Crippen LogP contribution in [-0.4, -0.2) is 38.9 Å². The maximum absolute atomic E-state index is 13.0. The summed E-state index contributed by atoms with van der Waals surface area (Å²) in [6.07, 6.45) is 2.38. The first-order valence-corrected chi connectivity index (χ1v) is 9.53. The highest BCUT2D eigenvalue weighted by Gasteiger charge is 2.42. The molecule has 6 nitrogen and oxygen atoms in total. The predicted molar refractivity (Wildman–Crippen MR) is 104 cm³/mol. The third kappa shape index (κ3) is 3.52. The van der Waals surface area contributed by atoms with Gasteiger partial charge in [-0.3, -0.25) is 4.79 Å². The summed E-state index contributed by atoms with van der Waals surface area (Å²) in [5.74, 6) is 1.82. The van der Waals surface area contributed by atoms with Gasteiger partial charge in [0.2, 0.25) is 0 Å². The molecule has 0 radical (unpaired) electrons. The molecule has 1 unspecified atom stereocenters. The molecule has 2 aromatic carbocycles. The van der Waals surface area contributed by atoms with Crippen LogP contribution in [0.3, 0.4) is 0 Å². The Labute approximate surface area is 164 Å². The number of amides is 1. The Balaban J connectivity index is 1.60. The molecule has 1 N–H and O–H groups in total. The van der Waals surface area contributed by atoms with Gasteiger partial charge in [-0.2, -0.15) is 0 Å². The minimum absolute atomic E-state index is 0.122. The highest BCUT2D eigenvalue weighted by molar-refractivity contribution is 5.95. The van der Waals surface area contributed by atoms with E-state index in [2.05, 4.69) is 5.32 Å². The van der Waals surface area contributed by atoms with Gasteiger partial charge in [0.1, 0.15) is 11.4 Å². The number of para-hydroxylation sites is 1. The summed E-state index contributed by atoms with van der Waals surface area (Å²) < 4.78 is 22.5. The van der Waals surface area contributed by atoms with E-state index >= 15 is 0 Å². The molecular formula is C22H25NO5. The molecule has 1 spiro atoms. The van der Waals surface area contributed by atoms with E-state index in [0.717, 1.165) is 30.6 Å². The van der Waals surface area contributed by atoms with Crippen LogP contribution in [0.2, 0.25) is 0 Å². The van der Waals surface area contributed by atoms with E-state index in [1.165, 1.54) is 0 Å². The van der Waals surface area contributed by atoms with Crippen LogP contribution in [0, 0.1) is 0 Å². The quantitative estimate of drug-likeness (QED) is 0.875. The summed E-state index contributed by atoms with van der Waals surface area (Å²) in [4.78, 5) is 13.0. The van der Waals surface area contributed by atoms with Gasteiger partial charge in [0.05, 0.1) is 33.5 Å². The Bertz CT molecular complexity index is 860. The Kier molecular flexibility index (Phi) is 5.13. The van der Waals surface area contributed by atoms with Crippen molar-refractivity contribution >= 4 is 5.91 Å². The average Bonchev–Trinajstić information content (AvgIpc) is 2.73. The minimum Gasteiger partial charge on any atom is -0.493 e. The zero-order valence-electron chi connectivity index (χ0n) is 16.2. The number of rotatable bonds is 4. The Hall–Kier alpha value is -2.73. The van der Waals surface area contributed by atoms with Crippen molar-refractivity contribution in [3.63, 3.8) is 0 Å². The molecular weight excluding hydrogens is 358 g/mol.